The number of aliphatic hydroxyl groups excluding tert-OH is 1. The van der Waals surface area contributed by atoms with Crippen LogP contribution in [0, 0.1) is 0 Å². The molecule has 18 heavy (non-hydrogen) atoms. The molecule has 0 aliphatic rings. The lowest BCUT2D eigenvalue weighted by Crippen LogP contribution is -2.30. The molecule has 1 unspecified atom stereocenters. The fourth-order valence-electron chi connectivity index (χ4n) is 1.59. The van der Waals surface area contributed by atoms with E-state index in [9.17, 15) is 4.79 Å². The molecule has 0 spiro atoms. The molecule has 4 nitrogen and oxygen atoms in total. The number of hydrogen-bond donors (Lipinski definition) is 2. The fraction of sp³-hybridized carbons (Fsp3) is 0.231. The standard InChI is InChI=1S/C13H13ClN2O2/c1-8(17)6-16-13(18)10-5-9-3-2-4-11(14)12(9)15-7-10/h2-5,7-8,17H,6H2,1H3,(H,16,18). The molecular weight excluding hydrogens is 252 g/mol. The van der Waals surface area contributed by atoms with Gasteiger partial charge in [-0.15, -0.1) is 0 Å². The van der Waals surface area contributed by atoms with Gasteiger partial charge >= 0.3 is 0 Å². The highest BCUT2D eigenvalue weighted by molar-refractivity contribution is 6.35. The van der Waals surface area contributed by atoms with E-state index in [-0.39, 0.29) is 12.5 Å². The zero-order valence-electron chi connectivity index (χ0n) is 9.85. The van der Waals surface area contributed by atoms with Crippen LogP contribution in [0.15, 0.2) is 30.5 Å². The Hall–Kier alpha value is -1.65. The van der Waals surface area contributed by atoms with Gasteiger partial charge in [-0.25, -0.2) is 0 Å². The first-order valence-corrected chi connectivity index (χ1v) is 5.96. The van der Waals surface area contributed by atoms with Gasteiger partial charge in [-0.1, -0.05) is 23.7 Å². The summed E-state index contributed by atoms with van der Waals surface area (Å²) >= 11 is 6.00. The van der Waals surface area contributed by atoms with Crippen molar-refractivity contribution in [3.05, 3.63) is 41.0 Å². The van der Waals surface area contributed by atoms with E-state index in [4.69, 9.17) is 16.7 Å². The average Bonchev–Trinajstić information content (AvgIpc) is 2.35. The molecule has 2 N–H and O–H groups in total. The Kier molecular flexibility index (Phi) is 3.79. The first-order valence-electron chi connectivity index (χ1n) is 5.58. The summed E-state index contributed by atoms with van der Waals surface area (Å²) in [7, 11) is 0. The summed E-state index contributed by atoms with van der Waals surface area (Å²) in [6, 6.07) is 7.14. The minimum Gasteiger partial charge on any atom is -0.392 e. The number of carbonyl (C=O) groups excluding carboxylic acids is 1. The normalized spacial score (nSPS) is 12.4. The van der Waals surface area contributed by atoms with Gasteiger partial charge in [-0.05, 0) is 19.1 Å². The lowest BCUT2D eigenvalue weighted by atomic mass is 10.1. The van der Waals surface area contributed by atoms with Crippen LogP contribution in [-0.2, 0) is 0 Å². The number of nitrogens with zero attached hydrogens (tertiary/aromatic N) is 1. The van der Waals surface area contributed by atoms with Crippen LogP contribution in [0.2, 0.25) is 5.02 Å². The Labute approximate surface area is 110 Å². The van der Waals surface area contributed by atoms with Crippen molar-refractivity contribution >= 4 is 28.4 Å². The van der Waals surface area contributed by atoms with Gasteiger partial charge in [0.1, 0.15) is 0 Å². The van der Waals surface area contributed by atoms with Crippen molar-refractivity contribution < 1.29 is 9.90 Å². The highest BCUT2D eigenvalue weighted by Gasteiger charge is 2.09. The topological polar surface area (TPSA) is 62.2 Å². The van der Waals surface area contributed by atoms with Crippen LogP contribution in [0.1, 0.15) is 17.3 Å². The third-order valence-corrected chi connectivity index (χ3v) is 2.79. The summed E-state index contributed by atoms with van der Waals surface area (Å²) in [5, 5.41) is 13.1. The third kappa shape index (κ3) is 2.78. The molecule has 0 aliphatic carbocycles. The highest BCUT2D eigenvalue weighted by atomic mass is 35.5. The van der Waals surface area contributed by atoms with E-state index in [0.717, 1.165) is 5.39 Å². The molecule has 1 heterocycles. The number of carbonyl (C=O) groups is 1. The van der Waals surface area contributed by atoms with E-state index < -0.39 is 6.10 Å². The van der Waals surface area contributed by atoms with Gasteiger partial charge < -0.3 is 10.4 Å². The van der Waals surface area contributed by atoms with Gasteiger partial charge in [0, 0.05) is 18.1 Å². The van der Waals surface area contributed by atoms with E-state index in [1.54, 1.807) is 19.1 Å². The maximum absolute atomic E-state index is 11.8. The molecule has 0 radical (unpaired) electrons. The van der Waals surface area contributed by atoms with Crippen molar-refractivity contribution in [1.29, 1.82) is 0 Å². The summed E-state index contributed by atoms with van der Waals surface area (Å²) in [4.78, 5) is 16.0. The molecule has 5 heteroatoms. The number of nitrogens with one attached hydrogen (secondary N) is 1. The predicted octanol–water partition coefficient (Wildman–Crippen LogP) is 2.00. The number of pyridine rings is 1. The largest absolute Gasteiger partial charge is 0.392 e. The second kappa shape index (κ2) is 5.33. The quantitative estimate of drug-likeness (QED) is 0.891. The summed E-state index contributed by atoms with van der Waals surface area (Å²) in [5.41, 5.74) is 1.12. The molecule has 0 saturated carbocycles. The molecule has 1 amide bonds. The van der Waals surface area contributed by atoms with E-state index >= 15 is 0 Å². The molecule has 2 rings (SSSR count). The van der Waals surface area contributed by atoms with Crippen LogP contribution >= 0.6 is 11.6 Å². The molecule has 0 saturated heterocycles. The van der Waals surface area contributed by atoms with E-state index in [0.29, 0.717) is 16.1 Å². The molecular formula is C13H13ClN2O2. The molecule has 0 bridgehead atoms. The Bertz CT molecular complexity index is 584. The Morgan fingerprint density at radius 2 is 2.33 bits per heavy atom. The number of hydrogen-bond acceptors (Lipinski definition) is 3. The number of halogens is 1. The predicted molar refractivity (Wildman–Crippen MR) is 70.8 cm³/mol. The second-order valence-corrected chi connectivity index (χ2v) is 4.50. The minimum atomic E-state index is -0.572. The summed E-state index contributed by atoms with van der Waals surface area (Å²) < 4.78 is 0. The second-order valence-electron chi connectivity index (χ2n) is 4.09. The smallest absolute Gasteiger partial charge is 0.252 e. The number of benzene rings is 1. The van der Waals surface area contributed by atoms with E-state index in [1.807, 2.05) is 12.1 Å². The fourth-order valence-corrected chi connectivity index (χ4v) is 1.82. The summed E-state index contributed by atoms with van der Waals surface area (Å²) in [6.07, 6.45) is 0.905. The lowest BCUT2D eigenvalue weighted by molar-refractivity contribution is 0.0924. The number of para-hydroxylation sites is 1. The Morgan fingerprint density at radius 3 is 3.06 bits per heavy atom. The third-order valence-electron chi connectivity index (χ3n) is 2.48. The monoisotopic (exact) mass is 264 g/mol. The average molecular weight is 265 g/mol. The molecule has 0 fully saturated rings. The number of rotatable bonds is 3. The molecule has 1 aromatic carbocycles. The maximum Gasteiger partial charge on any atom is 0.252 e. The number of amides is 1. The molecule has 0 aliphatic heterocycles. The molecule has 1 atom stereocenters. The molecule has 1 aromatic heterocycles. The SMILES string of the molecule is CC(O)CNC(=O)c1cnc2c(Cl)cccc2c1. The zero-order valence-corrected chi connectivity index (χ0v) is 10.6. The highest BCUT2D eigenvalue weighted by Crippen LogP contribution is 2.21. The Morgan fingerprint density at radius 1 is 1.56 bits per heavy atom. The minimum absolute atomic E-state index is 0.215. The van der Waals surface area contributed by atoms with Gasteiger partial charge in [-0.3, -0.25) is 9.78 Å². The van der Waals surface area contributed by atoms with Crippen molar-refractivity contribution in [3.8, 4) is 0 Å². The first kappa shape index (κ1) is 12.8. The van der Waals surface area contributed by atoms with Crippen LogP contribution in [0.5, 0.6) is 0 Å². The van der Waals surface area contributed by atoms with Crippen molar-refractivity contribution in [3.63, 3.8) is 0 Å². The van der Waals surface area contributed by atoms with E-state index in [2.05, 4.69) is 10.3 Å². The number of fused-ring (bicyclic) bond motifs is 1. The van der Waals surface area contributed by atoms with Crippen molar-refractivity contribution in [2.24, 2.45) is 0 Å². The maximum atomic E-state index is 11.8. The van der Waals surface area contributed by atoms with Crippen molar-refractivity contribution in [1.82, 2.24) is 10.3 Å². The summed E-state index contributed by atoms with van der Waals surface area (Å²) in [5.74, 6) is -0.259. The van der Waals surface area contributed by atoms with Gasteiger partial charge in [0.05, 0.1) is 22.2 Å². The molecule has 2 aromatic rings. The van der Waals surface area contributed by atoms with E-state index in [1.165, 1.54) is 6.20 Å². The summed E-state index contributed by atoms with van der Waals surface area (Å²) in [6.45, 7) is 1.82. The van der Waals surface area contributed by atoms with Crippen LogP contribution in [0.4, 0.5) is 0 Å². The van der Waals surface area contributed by atoms with Crippen LogP contribution in [-0.4, -0.2) is 28.6 Å². The van der Waals surface area contributed by atoms with Gasteiger partial charge in [0.15, 0.2) is 0 Å². The number of aliphatic hydroxyl groups is 1. The van der Waals surface area contributed by atoms with Crippen LogP contribution in [0.25, 0.3) is 10.9 Å². The van der Waals surface area contributed by atoms with Crippen LogP contribution in [0.3, 0.4) is 0 Å². The zero-order chi connectivity index (χ0) is 13.1. The van der Waals surface area contributed by atoms with Crippen molar-refractivity contribution in [2.75, 3.05) is 6.54 Å². The Balaban J connectivity index is 2.27. The van der Waals surface area contributed by atoms with Crippen molar-refractivity contribution in [2.45, 2.75) is 13.0 Å². The van der Waals surface area contributed by atoms with Gasteiger partial charge in [0.2, 0.25) is 0 Å². The molecule has 94 valence electrons. The number of aromatic nitrogens is 1. The first-order chi connectivity index (χ1) is 8.58. The van der Waals surface area contributed by atoms with Gasteiger partial charge in [0.25, 0.3) is 5.91 Å². The van der Waals surface area contributed by atoms with Crippen LogP contribution < -0.4 is 5.32 Å². The van der Waals surface area contributed by atoms with Gasteiger partial charge in [-0.2, -0.15) is 0 Å². The lowest BCUT2D eigenvalue weighted by Gasteiger charge is -2.07.